The number of amides is 1. The quantitative estimate of drug-likeness (QED) is 0.838. The number of anilines is 1. The SMILES string of the molecule is NC(=S)C1CCCN(CC(=O)Nc2ccccc2Cl)C1. The Morgan fingerprint density at radius 1 is 1.50 bits per heavy atom. The fourth-order valence-electron chi connectivity index (χ4n) is 2.39. The summed E-state index contributed by atoms with van der Waals surface area (Å²) in [4.78, 5) is 14.7. The summed E-state index contributed by atoms with van der Waals surface area (Å²) in [5.74, 6) is 0.147. The van der Waals surface area contributed by atoms with Crippen LogP contribution in [0.3, 0.4) is 0 Å². The minimum Gasteiger partial charge on any atom is -0.393 e. The molecule has 0 aliphatic carbocycles. The van der Waals surface area contributed by atoms with Gasteiger partial charge < -0.3 is 11.1 Å². The Kier molecular flexibility index (Phi) is 5.34. The van der Waals surface area contributed by atoms with Crippen LogP contribution in [0.5, 0.6) is 0 Å². The molecule has 1 amide bonds. The highest BCUT2D eigenvalue weighted by Gasteiger charge is 2.23. The maximum atomic E-state index is 12.0. The number of halogens is 1. The number of para-hydroxylation sites is 1. The van der Waals surface area contributed by atoms with Crippen LogP contribution in [0, 0.1) is 5.92 Å². The van der Waals surface area contributed by atoms with E-state index in [4.69, 9.17) is 29.6 Å². The number of hydrogen-bond donors (Lipinski definition) is 2. The molecule has 1 atom stereocenters. The van der Waals surface area contributed by atoms with E-state index < -0.39 is 0 Å². The van der Waals surface area contributed by atoms with Gasteiger partial charge in [-0.15, -0.1) is 0 Å². The van der Waals surface area contributed by atoms with E-state index >= 15 is 0 Å². The number of hydrogen-bond acceptors (Lipinski definition) is 3. The van der Waals surface area contributed by atoms with Gasteiger partial charge in [0.25, 0.3) is 0 Å². The third kappa shape index (κ3) is 4.16. The first-order valence-electron chi connectivity index (χ1n) is 6.62. The van der Waals surface area contributed by atoms with Crippen LogP contribution in [0.2, 0.25) is 5.02 Å². The first-order chi connectivity index (χ1) is 9.56. The van der Waals surface area contributed by atoms with Gasteiger partial charge in [-0.2, -0.15) is 0 Å². The summed E-state index contributed by atoms with van der Waals surface area (Å²) >= 11 is 11.1. The molecule has 1 fully saturated rings. The molecular formula is C14H18ClN3OS. The zero-order valence-corrected chi connectivity index (χ0v) is 12.7. The second kappa shape index (κ2) is 7.02. The molecule has 20 heavy (non-hydrogen) atoms. The van der Waals surface area contributed by atoms with E-state index in [0.29, 0.717) is 22.2 Å². The third-order valence-corrected chi connectivity index (χ3v) is 4.09. The minimum atomic E-state index is -0.0679. The van der Waals surface area contributed by atoms with Crippen LogP contribution in [-0.4, -0.2) is 35.4 Å². The fourth-order valence-corrected chi connectivity index (χ4v) is 2.76. The van der Waals surface area contributed by atoms with Crippen molar-refractivity contribution in [2.75, 3.05) is 25.0 Å². The number of rotatable bonds is 4. The molecule has 1 unspecified atom stereocenters. The van der Waals surface area contributed by atoms with Crippen molar-refractivity contribution >= 4 is 40.4 Å². The number of thiocarbonyl (C=S) groups is 1. The summed E-state index contributed by atoms with van der Waals surface area (Å²) in [6, 6.07) is 7.20. The Hall–Kier alpha value is -1.17. The maximum absolute atomic E-state index is 12.0. The van der Waals surface area contributed by atoms with E-state index in [1.165, 1.54) is 0 Å². The molecule has 0 saturated carbocycles. The molecule has 2 rings (SSSR count). The van der Waals surface area contributed by atoms with Crippen LogP contribution in [0.15, 0.2) is 24.3 Å². The normalized spacial score (nSPS) is 19.6. The molecule has 1 aromatic rings. The van der Waals surface area contributed by atoms with Gasteiger partial charge in [-0.25, -0.2) is 0 Å². The molecule has 1 aliphatic heterocycles. The summed E-state index contributed by atoms with van der Waals surface area (Å²) in [6.07, 6.45) is 2.03. The molecule has 3 N–H and O–H groups in total. The van der Waals surface area contributed by atoms with Crippen molar-refractivity contribution in [3.8, 4) is 0 Å². The van der Waals surface area contributed by atoms with E-state index in [2.05, 4.69) is 10.2 Å². The molecule has 1 saturated heterocycles. The van der Waals surface area contributed by atoms with Crippen molar-refractivity contribution in [2.45, 2.75) is 12.8 Å². The van der Waals surface area contributed by atoms with Crippen molar-refractivity contribution in [2.24, 2.45) is 11.7 Å². The first-order valence-corrected chi connectivity index (χ1v) is 7.41. The highest BCUT2D eigenvalue weighted by atomic mass is 35.5. The number of nitrogens with zero attached hydrogens (tertiary/aromatic N) is 1. The maximum Gasteiger partial charge on any atom is 0.238 e. The number of likely N-dealkylation sites (tertiary alicyclic amines) is 1. The molecule has 4 nitrogen and oxygen atoms in total. The Morgan fingerprint density at radius 2 is 2.25 bits per heavy atom. The second-order valence-corrected chi connectivity index (χ2v) is 5.88. The van der Waals surface area contributed by atoms with Crippen LogP contribution in [0.25, 0.3) is 0 Å². The highest BCUT2D eigenvalue weighted by Crippen LogP contribution is 2.21. The number of benzene rings is 1. The largest absolute Gasteiger partial charge is 0.393 e. The summed E-state index contributed by atoms with van der Waals surface area (Å²) in [7, 11) is 0. The fraction of sp³-hybridized carbons (Fsp3) is 0.429. The summed E-state index contributed by atoms with van der Waals surface area (Å²) in [5.41, 5.74) is 6.33. The van der Waals surface area contributed by atoms with Gasteiger partial charge in [-0.1, -0.05) is 36.0 Å². The summed E-state index contributed by atoms with van der Waals surface area (Å²) in [6.45, 7) is 1.99. The van der Waals surface area contributed by atoms with Gasteiger partial charge >= 0.3 is 0 Å². The monoisotopic (exact) mass is 311 g/mol. The van der Waals surface area contributed by atoms with Crippen LogP contribution >= 0.6 is 23.8 Å². The van der Waals surface area contributed by atoms with E-state index in [-0.39, 0.29) is 11.8 Å². The predicted molar refractivity (Wildman–Crippen MR) is 86.0 cm³/mol. The summed E-state index contributed by atoms with van der Waals surface area (Å²) in [5, 5.41) is 3.37. The Bertz CT molecular complexity index is 509. The smallest absolute Gasteiger partial charge is 0.238 e. The number of nitrogens with one attached hydrogen (secondary N) is 1. The lowest BCUT2D eigenvalue weighted by atomic mass is 9.98. The van der Waals surface area contributed by atoms with Gasteiger partial charge in [-0.05, 0) is 31.5 Å². The highest BCUT2D eigenvalue weighted by molar-refractivity contribution is 7.80. The molecule has 1 aromatic carbocycles. The number of carbonyl (C=O) groups is 1. The molecule has 1 aliphatic rings. The molecule has 1 heterocycles. The van der Waals surface area contributed by atoms with Crippen molar-refractivity contribution in [1.82, 2.24) is 4.90 Å². The van der Waals surface area contributed by atoms with Gasteiger partial charge in [-0.3, -0.25) is 9.69 Å². The molecule has 6 heteroatoms. The molecule has 0 aromatic heterocycles. The lowest BCUT2D eigenvalue weighted by Crippen LogP contribution is -2.43. The van der Waals surface area contributed by atoms with Crippen molar-refractivity contribution < 1.29 is 4.79 Å². The molecule has 0 spiro atoms. The van der Waals surface area contributed by atoms with Crippen LogP contribution < -0.4 is 11.1 Å². The Balaban J connectivity index is 1.88. The van der Waals surface area contributed by atoms with E-state index in [1.807, 2.05) is 12.1 Å². The first kappa shape index (κ1) is 15.2. The summed E-state index contributed by atoms with van der Waals surface area (Å²) < 4.78 is 0. The van der Waals surface area contributed by atoms with E-state index in [0.717, 1.165) is 25.9 Å². The third-order valence-electron chi connectivity index (χ3n) is 3.42. The van der Waals surface area contributed by atoms with Crippen molar-refractivity contribution in [3.63, 3.8) is 0 Å². The average molecular weight is 312 g/mol. The lowest BCUT2D eigenvalue weighted by Gasteiger charge is -2.31. The van der Waals surface area contributed by atoms with Crippen LogP contribution in [0.1, 0.15) is 12.8 Å². The molecule has 0 bridgehead atoms. The molecule has 0 radical (unpaired) electrons. The zero-order chi connectivity index (χ0) is 14.5. The predicted octanol–water partition coefficient (Wildman–Crippen LogP) is 2.28. The number of carbonyl (C=O) groups excluding carboxylic acids is 1. The van der Waals surface area contributed by atoms with Gasteiger partial charge in [0, 0.05) is 12.5 Å². The van der Waals surface area contributed by atoms with Crippen LogP contribution in [-0.2, 0) is 4.79 Å². The second-order valence-electron chi connectivity index (χ2n) is 5.00. The standard InChI is InChI=1S/C14H18ClN3OS/c15-11-5-1-2-6-12(11)17-13(19)9-18-7-3-4-10(8-18)14(16)20/h1-2,5-6,10H,3-4,7-9H2,(H2,16,20)(H,17,19). The Morgan fingerprint density at radius 3 is 2.95 bits per heavy atom. The van der Waals surface area contributed by atoms with Gasteiger partial charge in [0.1, 0.15) is 0 Å². The Labute approximate surface area is 129 Å². The van der Waals surface area contributed by atoms with Gasteiger partial charge in [0.15, 0.2) is 0 Å². The minimum absolute atomic E-state index is 0.0679. The average Bonchev–Trinajstić information content (AvgIpc) is 2.41. The lowest BCUT2D eigenvalue weighted by molar-refractivity contribution is -0.117. The topological polar surface area (TPSA) is 58.4 Å². The number of nitrogens with two attached hydrogens (primary N) is 1. The van der Waals surface area contributed by atoms with Gasteiger partial charge in [0.05, 0.1) is 22.2 Å². The molecule has 108 valence electrons. The van der Waals surface area contributed by atoms with Crippen molar-refractivity contribution in [3.05, 3.63) is 29.3 Å². The van der Waals surface area contributed by atoms with E-state index in [1.54, 1.807) is 12.1 Å². The van der Waals surface area contributed by atoms with Crippen molar-refractivity contribution in [1.29, 1.82) is 0 Å². The van der Waals surface area contributed by atoms with E-state index in [9.17, 15) is 4.79 Å². The molecular weight excluding hydrogens is 294 g/mol. The number of piperidine rings is 1. The van der Waals surface area contributed by atoms with Gasteiger partial charge in [0.2, 0.25) is 5.91 Å². The zero-order valence-electron chi connectivity index (χ0n) is 11.1. The van der Waals surface area contributed by atoms with Crippen LogP contribution in [0.4, 0.5) is 5.69 Å².